The molecule has 2 N–H and O–H groups in total. The number of ether oxygens (including phenoxy) is 2. The van der Waals surface area contributed by atoms with Crippen LogP contribution in [-0.2, 0) is 9.53 Å². The molecule has 7 nitrogen and oxygen atoms in total. The first-order valence-corrected chi connectivity index (χ1v) is 8.53. The molecule has 0 unspecified atom stereocenters. The zero-order chi connectivity index (χ0) is 18.2. The van der Waals surface area contributed by atoms with Crippen LogP contribution in [0.3, 0.4) is 0 Å². The predicted molar refractivity (Wildman–Crippen MR) is 95.8 cm³/mol. The summed E-state index contributed by atoms with van der Waals surface area (Å²) in [6.07, 6.45) is 1.59. The number of rotatable bonds is 6. The summed E-state index contributed by atoms with van der Waals surface area (Å²) in [5, 5.41) is 5.74. The van der Waals surface area contributed by atoms with E-state index in [9.17, 15) is 9.59 Å². The summed E-state index contributed by atoms with van der Waals surface area (Å²) in [5.41, 5.74) is 0.699. The number of piperidine rings is 1. The van der Waals surface area contributed by atoms with Crippen molar-refractivity contribution in [2.45, 2.75) is 25.8 Å². The van der Waals surface area contributed by atoms with Crippen LogP contribution in [0, 0.1) is 5.92 Å². The number of methoxy groups -OCH3 is 2. The molecule has 1 aliphatic rings. The summed E-state index contributed by atoms with van der Waals surface area (Å²) in [7, 11) is 3.19. The van der Waals surface area contributed by atoms with Crippen LogP contribution in [-0.4, -0.2) is 56.8 Å². The Hall–Kier alpha value is -2.28. The van der Waals surface area contributed by atoms with Crippen LogP contribution in [0.1, 0.15) is 19.8 Å². The van der Waals surface area contributed by atoms with Gasteiger partial charge in [-0.3, -0.25) is 4.79 Å². The molecule has 0 spiro atoms. The van der Waals surface area contributed by atoms with Crippen molar-refractivity contribution < 1.29 is 19.1 Å². The fourth-order valence-electron chi connectivity index (χ4n) is 2.89. The topological polar surface area (TPSA) is 79.9 Å². The third kappa shape index (κ3) is 5.35. The highest BCUT2D eigenvalue weighted by Gasteiger charge is 2.32. The Morgan fingerprint density at radius 3 is 2.56 bits per heavy atom. The van der Waals surface area contributed by atoms with Gasteiger partial charge < -0.3 is 25.0 Å². The van der Waals surface area contributed by atoms with Crippen LogP contribution < -0.4 is 15.4 Å². The maximum absolute atomic E-state index is 12.6. The Morgan fingerprint density at radius 1 is 1.20 bits per heavy atom. The summed E-state index contributed by atoms with van der Waals surface area (Å²) in [6, 6.07) is 7.08. The van der Waals surface area contributed by atoms with Crippen molar-refractivity contribution in [3.63, 3.8) is 0 Å². The third-order valence-electron chi connectivity index (χ3n) is 4.46. The van der Waals surface area contributed by atoms with Gasteiger partial charge in [0.1, 0.15) is 5.75 Å². The standard InChI is InChI=1S/C18H27N3O4/c1-13-4-5-14(17(22)19-10-11-24-2)12-21(13)18(23)20-15-6-8-16(25-3)9-7-15/h6-9,13-14H,4-5,10-12H2,1-3H3,(H,19,22)(H,20,23)/t13-,14+/m1/s1. The lowest BCUT2D eigenvalue weighted by Gasteiger charge is -2.37. The number of carbonyl (C=O) groups is 2. The monoisotopic (exact) mass is 349 g/mol. The van der Waals surface area contributed by atoms with E-state index in [1.807, 2.05) is 6.92 Å². The third-order valence-corrected chi connectivity index (χ3v) is 4.46. The Kier molecular flexibility index (Phi) is 7.06. The number of nitrogens with one attached hydrogen (secondary N) is 2. The smallest absolute Gasteiger partial charge is 0.322 e. The number of urea groups is 1. The van der Waals surface area contributed by atoms with E-state index in [1.54, 1.807) is 43.4 Å². The first-order valence-electron chi connectivity index (χ1n) is 8.53. The van der Waals surface area contributed by atoms with Crippen LogP contribution in [0.5, 0.6) is 5.75 Å². The van der Waals surface area contributed by atoms with Gasteiger partial charge in [-0.05, 0) is 44.0 Å². The molecule has 0 aromatic heterocycles. The van der Waals surface area contributed by atoms with Crippen molar-refractivity contribution in [2.75, 3.05) is 39.2 Å². The van der Waals surface area contributed by atoms with E-state index < -0.39 is 0 Å². The average Bonchev–Trinajstić information content (AvgIpc) is 2.62. The molecule has 1 aromatic rings. The van der Waals surface area contributed by atoms with Gasteiger partial charge in [0.05, 0.1) is 19.6 Å². The first kappa shape index (κ1) is 19.1. The number of benzene rings is 1. The van der Waals surface area contributed by atoms with E-state index >= 15 is 0 Å². The molecule has 0 bridgehead atoms. The molecule has 1 aromatic carbocycles. The van der Waals surface area contributed by atoms with Crippen LogP contribution in [0.2, 0.25) is 0 Å². The van der Waals surface area contributed by atoms with Gasteiger partial charge in [-0.15, -0.1) is 0 Å². The summed E-state index contributed by atoms with van der Waals surface area (Å²) in [5.74, 6) is 0.526. The molecule has 0 radical (unpaired) electrons. The number of hydrogen-bond acceptors (Lipinski definition) is 4. The van der Waals surface area contributed by atoms with Crippen molar-refractivity contribution in [3.8, 4) is 5.75 Å². The van der Waals surface area contributed by atoms with Gasteiger partial charge in [-0.25, -0.2) is 4.79 Å². The number of nitrogens with zero attached hydrogens (tertiary/aromatic N) is 1. The summed E-state index contributed by atoms with van der Waals surface area (Å²) in [4.78, 5) is 26.6. The van der Waals surface area contributed by atoms with Crippen LogP contribution >= 0.6 is 0 Å². The molecule has 2 atom stereocenters. The Morgan fingerprint density at radius 2 is 1.92 bits per heavy atom. The van der Waals surface area contributed by atoms with E-state index in [4.69, 9.17) is 9.47 Å². The van der Waals surface area contributed by atoms with Gasteiger partial charge in [-0.1, -0.05) is 0 Å². The molecule has 1 aliphatic heterocycles. The zero-order valence-electron chi connectivity index (χ0n) is 15.1. The number of amides is 3. The van der Waals surface area contributed by atoms with Crippen molar-refractivity contribution in [1.29, 1.82) is 0 Å². The fourth-order valence-corrected chi connectivity index (χ4v) is 2.89. The quantitative estimate of drug-likeness (QED) is 0.771. The van der Waals surface area contributed by atoms with E-state index in [-0.39, 0.29) is 23.9 Å². The second-order valence-electron chi connectivity index (χ2n) is 6.22. The number of anilines is 1. The van der Waals surface area contributed by atoms with Crippen molar-refractivity contribution >= 4 is 17.6 Å². The Balaban J connectivity index is 1.93. The fraction of sp³-hybridized carbons (Fsp3) is 0.556. The maximum Gasteiger partial charge on any atom is 0.322 e. The highest BCUT2D eigenvalue weighted by atomic mass is 16.5. The first-order chi connectivity index (χ1) is 12.0. The molecule has 2 rings (SSSR count). The Bertz CT molecular complexity index is 576. The van der Waals surface area contributed by atoms with Crippen LogP contribution in [0.4, 0.5) is 10.5 Å². The molecule has 0 aliphatic carbocycles. The second kappa shape index (κ2) is 9.27. The largest absolute Gasteiger partial charge is 0.497 e. The molecular weight excluding hydrogens is 322 g/mol. The normalized spacial score (nSPS) is 20.0. The molecular formula is C18H27N3O4. The average molecular weight is 349 g/mol. The van der Waals surface area contributed by atoms with E-state index in [0.717, 1.165) is 18.6 Å². The lowest BCUT2D eigenvalue weighted by atomic mass is 9.93. The van der Waals surface area contributed by atoms with Gasteiger partial charge in [0.25, 0.3) is 0 Å². The van der Waals surface area contributed by atoms with E-state index in [0.29, 0.717) is 25.4 Å². The molecule has 0 saturated carbocycles. The molecule has 25 heavy (non-hydrogen) atoms. The van der Waals surface area contributed by atoms with Crippen LogP contribution in [0.25, 0.3) is 0 Å². The van der Waals surface area contributed by atoms with Gasteiger partial charge >= 0.3 is 6.03 Å². The lowest BCUT2D eigenvalue weighted by Crippen LogP contribution is -2.51. The number of likely N-dealkylation sites (tertiary alicyclic amines) is 1. The van der Waals surface area contributed by atoms with Crippen molar-refractivity contribution in [2.24, 2.45) is 5.92 Å². The highest BCUT2D eigenvalue weighted by molar-refractivity contribution is 5.90. The van der Waals surface area contributed by atoms with Crippen molar-refractivity contribution in [3.05, 3.63) is 24.3 Å². The number of hydrogen-bond donors (Lipinski definition) is 2. The zero-order valence-corrected chi connectivity index (χ0v) is 15.1. The molecule has 1 fully saturated rings. The minimum atomic E-state index is -0.188. The highest BCUT2D eigenvalue weighted by Crippen LogP contribution is 2.23. The van der Waals surface area contributed by atoms with Gasteiger partial charge in [-0.2, -0.15) is 0 Å². The lowest BCUT2D eigenvalue weighted by molar-refractivity contribution is -0.126. The molecule has 3 amide bonds. The maximum atomic E-state index is 12.6. The summed E-state index contributed by atoms with van der Waals surface area (Å²) in [6.45, 7) is 3.39. The summed E-state index contributed by atoms with van der Waals surface area (Å²) >= 11 is 0. The Labute approximate surface area is 148 Å². The minimum absolute atomic E-state index is 0.0220. The van der Waals surface area contributed by atoms with Gasteiger partial charge in [0.2, 0.25) is 5.91 Å². The van der Waals surface area contributed by atoms with E-state index in [1.165, 1.54) is 0 Å². The molecule has 138 valence electrons. The molecule has 7 heteroatoms. The van der Waals surface area contributed by atoms with Gasteiger partial charge in [0, 0.05) is 31.9 Å². The molecule has 1 saturated heterocycles. The van der Waals surface area contributed by atoms with Crippen LogP contribution in [0.15, 0.2) is 24.3 Å². The second-order valence-corrected chi connectivity index (χ2v) is 6.22. The number of carbonyl (C=O) groups excluding carboxylic acids is 2. The van der Waals surface area contributed by atoms with E-state index in [2.05, 4.69) is 10.6 Å². The summed E-state index contributed by atoms with van der Waals surface area (Å²) < 4.78 is 10.1. The molecule has 1 heterocycles. The minimum Gasteiger partial charge on any atom is -0.497 e. The SMILES string of the molecule is COCCNC(=O)[C@H]1CC[C@@H](C)N(C(=O)Nc2ccc(OC)cc2)C1. The van der Waals surface area contributed by atoms with Crippen molar-refractivity contribution in [1.82, 2.24) is 10.2 Å². The predicted octanol–water partition coefficient (Wildman–Crippen LogP) is 2.09. The van der Waals surface area contributed by atoms with Gasteiger partial charge in [0.15, 0.2) is 0 Å².